The molecule has 0 saturated heterocycles. The summed E-state index contributed by atoms with van der Waals surface area (Å²) in [6.07, 6.45) is 4.26. The highest BCUT2D eigenvalue weighted by atomic mass is 16.3. The minimum Gasteiger partial charge on any atom is -0.388 e. The molecule has 1 N–H and O–H groups in total. The molecular formula is C17H27NO. The fraction of sp³-hybridized carbons (Fsp3) is 0.647. The van der Waals surface area contributed by atoms with Crippen LogP contribution in [0.1, 0.15) is 58.1 Å². The molecule has 1 saturated carbocycles. The van der Waals surface area contributed by atoms with Gasteiger partial charge in [0.15, 0.2) is 0 Å². The fourth-order valence-electron chi connectivity index (χ4n) is 2.53. The van der Waals surface area contributed by atoms with Gasteiger partial charge in [0.2, 0.25) is 0 Å². The third kappa shape index (κ3) is 3.73. The Morgan fingerprint density at radius 1 is 1.26 bits per heavy atom. The SMILES string of the molecule is CC[C@@H](O)c1ccccc1N(CCC(C)C)C1CC1. The lowest BCUT2D eigenvalue weighted by Crippen LogP contribution is -2.29. The number of aliphatic hydroxyl groups excluding tert-OH is 1. The molecule has 0 aromatic heterocycles. The first kappa shape index (κ1) is 14.4. The van der Waals surface area contributed by atoms with Gasteiger partial charge in [0.25, 0.3) is 0 Å². The van der Waals surface area contributed by atoms with E-state index in [1.165, 1.54) is 24.9 Å². The van der Waals surface area contributed by atoms with E-state index >= 15 is 0 Å². The molecule has 1 aliphatic rings. The summed E-state index contributed by atoms with van der Waals surface area (Å²) in [5.41, 5.74) is 2.35. The highest BCUT2D eigenvalue weighted by Crippen LogP contribution is 2.36. The van der Waals surface area contributed by atoms with E-state index in [9.17, 15) is 5.11 Å². The number of para-hydroxylation sites is 1. The average Bonchev–Trinajstić information content (AvgIpc) is 3.23. The number of rotatable bonds is 7. The Balaban J connectivity index is 2.20. The van der Waals surface area contributed by atoms with Crippen LogP contribution < -0.4 is 4.90 Å². The maximum Gasteiger partial charge on any atom is 0.0807 e. The van der Waals surface area contributed by atoms with Crippen LogP contribution in [0.3, 0.4) is 0 Å². The number of anilines is 1. The van der Waals surface area contributed by atoms with Crippen molar-refractivity contribution >= 4 is 5.69 Å². The molecule has 0 amide bonds. The summed E-state index contributed by atoms with van der Waals surface area (Å²) >= 11 is 0. The van der Waals surface area contributed by atoms with Crippen LogP contribution in [0.15, 0.2) is 24.3 Å². The van der Waals surface area contributed by atoms with Gasteiger partial charge in [-0.05, 0) is 37.7 Å². The van der Waals surface area contributed by atoms with Gasteiger partial charge in [-0.15, -0.1) is 0 Å². The zero-order valence-electron chi connectivity index (χ0n) is 12.5. The molecule has 2 nitrogen and oxygen atoms in total. The molecule has 1 atom stereocenters. The molecule has 1 aliphatic carbocycles. The highest BCUT2D eigenvalue weighted by molar-refractivity contribution is 5.56. The lowest BCUT2D eigenvalue weighted by Gasteiger charge is -2.29. The Bertz CT molecular complexity index is 398. The molecule has 0 aliphatic heterocycles. The average molecular weight is 261 g/mol. The molecule has 1 fully saturated rings. The molecule has 0 unspecified atom stereocenters. The summed E-state index contributed by atoms with van der Waals surface area (Å²) in [6, 6.07) is 9.07. The Hall–Kier alpha value is -1.02. The van der Waals surface area contributed by atoms with Gasteiger partial charge in [-0.1, -0.05) is 39.0 Å². The van der Waals surface area contributed by atoms with Gasteiger partial charge in [0.05, 0.1) is 6.10 Å². The number of nitrogens with zero attached hydrogens (tertiary/aromatic N) is 1. The van der Waals surface area contributed by atoms with Crippen molar-refractivity contribution < 1.29 is 5.11 Å². The van der Waals surface area contributed by atoms with Crippen molar-refractivity contribution in [1.82, 2.24) is 0 Å². The predicted octanol–water partition coefficient (Wildman–Crippen LogP) is 4.14. The zero-order chi connectivity index (χ0) is 13.8. The van der Waals surface area contributed by atoms with E-state index in [2.05, 4.69) is 36.9 Å². The van der Waals surface area contributed by atoms with Crippen molar-refractivity contribution in [1.29, 1.82) is 0 Å². The molecule has 0 heterocycles. The van der Waals surface area contributed by atoms with Crippen molar-refractivity contribution in [3.8, 4) is 0 Å². The Labute approximate surface area is 117 Å². The first-order valence-corrected chi connectivity index (χ1v) is 7.67. The minimum absolute atomic E-state index is 0.337. The highest BCUT2D eigenvalue weighted by Gasteiger charge is 2.30. The summed E-state index contributed by atoms with van der Waals surface area (Å²) in [5, 5.41) is 10.2. The maximum atomic E-state index is 10.2. The Morgan fingerprint density at radius 3 is 2.53 bits per heavy atom. The second-order valence-electron chi connectivity index (χ2n) is 6.09. The predicted molar refractivity (Wildman–Crippen MR) is 81.5 cm³/mol. The van der Waals surface area contributed by atoms with E-state index in [0.29, 0.717) is 6.04 Å². The molecule has 0 spiro atoms. The van der Waals surface area contributed by atoms with E-state index in [1.54, 1.807) is 0 Å². The number of benzene rings is 1. The summed E-state index contributed by atoms with van der Waals surface area (Å²) in [5.74, 6) is 0.726. The second kappa shape index (κ2) is 6.42. The summed E-state index contributed by atoms with van der Waals surface area (Å²) in [7, 11) is 0. The third-order valence-electron chi connectivity index (χ3n) is 3.93. The summed E-state index contributed by atoms with van der Waals surface area (Å²) in [6.45, 7) is 7.70. The quantitative estimate of drug-likeness (QED) is 0.797. The standard InChI is InChI=1S/C17H27NO/c1-4-17(19)15-7-5-6-8-16(15)18(14-9-10-14)12-11-13(2)3/h5-8,13-14,17,19H,4,9-12H2,1-3H3/t17-/m1/s1. The smallest absolute Gasteiger partial charge is 0.0807 e. The van der Waals surface area contributed by atoms with E-state index in [1.807, 2.05) is 13.0 Å². The van der Waals surface area contributed by atoms with E-state index in [0.717, 1.165) is 24.4 Å². The second-order valence-corrected chi connectivity index (χ2v) is 6.09. The van der Waals surface area contributed by atoms with Crippen LogP contribution in [0.4, 0.5) is 5.69 Å². The van der Waals surface area contributed by atoms with Crippen molar-refractivity contribution in [2.45, 2.75) is 58.6 Å². The van der Waals surface area contributed by atoms with Gasteiger partial charge in [-0.25, -0.2) is 0 Å². The summed E-state index contributed by atoms with van der Waals surface area (Å²) < 4.78 is 0. The van der Waals surface area contributed by atoms with Crippen LogP contribution in [0.2, 0.25) is 0 Å². The van der Waals surface area contributed by atoms with Crippen molar-refractivity contribution in [3.63, 3.8) is 0 Å². The molecule has 2 heteroatoms. The Morgan fingerprint density at radius 2 is 1.95 bits per heavy atom. The molecular weight excluding hydrogens is 234 g/mol. The molecule has 1 aromatic rings. The lowest BCUT2D eigenvalue weighted by molar-refractivity contribution is 0.174. The number of hydrogen-bond donors (Lipinski definition) is 1. The lowest BCUT2D eigenvalue weighted by atomic mass is 10.0. The zero-order valence-corrected chi connectivity index (χ0v) is 12.5. The van der Waals surface area contributed by atoms with Gasteiger partial charge < -0.3 is 10.0 Å². The van der Waals surface area contributed by atoms with Gasteiger partial charge in [-0.3, -0.25) is 0 Å². The van der Waals surface area contributed by atoms with Crippen LogP contribution in [-0.4, -0.2) is 17.7 Å². The van der Waals surface area contributed by atoms with Gasteiger partial charge in [-0.2, -0.15) is 0 Å². The van der Waals surface area contributed by atoms with Crippen LogP contribution in [-0.2, 0) is 0 Å². The molecule has 0 bridgehead atoms. The number of hydrogen-bond acceptors (Lipinski definition) is 2. The van der Waals surface area contributed by atoms with Crippen LogP contribution in [0.5, 0.6) is 0 Å². The largest absolute Gasteiger partial charge is 0.388 e. The first-order valence-electron chi connectivity index (χ1n) is 7.67. The van der Waals surface area contributed by atoms with Crippen molar-refractivity contribution in [3.05, 3.63) is 29.8 Å². The van der Waals surface area contributed by atoms with Gasteiger partial charge >= 0.3 is 0 Å². The first-order chi connectivity index (χ1) is 9.13. The van der Waals surface area contributed by atoms with E-state index in [4.69, 9.17) is 0 Å². The topological polar surface area (TPSA) is 23.5 Å². The third-order valence-corrected chi connectivity index (χ3v) is 3.93. The summed E-state index contributed by atoms with van der Waals surface area (Å²) in [4.78, 5) is 2.52. The molecule has 2 rings (SSSR count). The van der Waals surface area contributed by atoms with Crippen molar-refractivity contribution in [2.24, 2.45) is 5.92 Å². The number of aliphatic hydroxyl groups is 1. The Kier molecular flexibility index (Phi) is 4.87. The van der Waals surface area contributed by atoms with E-state index in [-0.39, 0.29) is 6.10 Å². The fourth-order valence-corrected chi connectivity index (χ4v) is 2.53. The molecule has 1 aromatic carbocycles. The normalized spacial score (nSPS) is 16.7. The van der Waals surface area contributed by atoms with Crippen LogP contribution in [0, 0.1) is 5.92 Å². The van der Waals surface area contributed by atoms with Crippen LogP contribution >= 0.6 is 0 Å². The van der Waals surface area contributed by atoms with E-state index < -0.39 is 0 Å². The molecule has 19 heavy (non-hydrogen) atoms. The molecule has 0 radical (unpaired) electrons. The van der Waals surface area contributed by atoms with Crippen LogP contribution in [0.25, 0.3) is 0 Å². The van der Waals surface area contributed by atoms with Gasteiger partial charge in [0, 0.05) is 23.8 Å². The van der Waals surface area contributed by atoms with Gasteiger partial charge in [0.1, 0.15) is 0 Å². The van der Waals surface area contributed by atoms with Crippen molar-refractivity contribution in [2.75, 3.05) is 11.4 Å². The molecule has 106 valence electrons. The monoisotopic (exact) mass is 261 g/mol. The minimum atomic E-state index is -0.337. The maximum absolute atomic E-state index is 10.2.